The van der Waals surface area contributed by atoms with Crippen LogP contribution in [0.3, 0.4) is 0 Å². The summed E-state index contributed by atoms with van der Waals surface area (Å²) in [5.74, 6) is 14.0. The zero-order valence-corrected chi connectivity index (χ0v) is 17.8. The van der Waals surface area contributed by atoms with Crippen molar-refractivity contribution in [3.8, 4) is 23.7 Å². The van der Waals surface area contributed by atoms with Crippen molar-refractivity contribution in [3.05, 3.63) is 83.6 Å². The first-order chi connectivity index (χ1) is 13.6. The molecule has 0 heterocycles. The lowest BCUT2D eigenvalue weighted by molar-refractivity contribution is 0.782. The van der Waals surface area contributed by atoms with E-state index in [1.165, 1.54) is 22.3 Å². The van der Waals surface area contributed by atoms with E-state index in [2.05, 4.69) is 99.9 Å². The molecule has 0 aliphatic heterocycles. The van der Waals surface area contributed by atoms with E-state index in [1.54, 1.807) is 0 Å². The predicted octanol–water partition coefficient (Wildman–Crippen LogP) is 7.31. The zero-order valence-electron chi connectivity index (χ0n) is 17.8. The van der Waals surface area contributed by atoms with Gasteiger partial charge in [-0.3, -0.25) is 0 Å². The Labute approximate surface area is 172 Å². The number of unbranched alkanes of at least 4 members (excludes halogenated alkanes) is 3. The first-order valence-corrected chi connectivity index (χ1v) is 10.4. The van der Waals surface area contributed by atoms with Gasteiger partial charge in [0.05, 0.1) is 25.7 Å². The van der Waals surface area contributed by atoms with Gasteiger partial charge >= 0.3 is 0 Å². The van der Waals surface area contributed by atoms with Crippen molar-refractivity contribution in [1.82, 2.24) is 0 Å². The predicted molar refractivity (Wildman–Crippen MR) is 122 cm³/mol. The first kappa shape index (κ1) is 21.6. The largest absolute Gasteiger partial charge is 0.104 e. The smallest absolute Gasteiger partial charge is 0.0586 e. The molecule has 0 aliphatic carbocycles. The van der Waals surface area contributed by atoms with Gasteiger partial charge < -0.3 is 0 Å². The van der Waals surface area contributed by atoms with Crippen molar-refractivity contribution < 1.29 is 0 Å². The van der Waals surface area contributed by atoms with Crippen LogP contribution in [0.2, 0.25) is 0 Å². The number of hydrogen-bond acceptors (Lipinski definition) is 0. The summed E-state index contributed by atoms with van der Waals surface area (Å²) in [5.41, 5.74) is 5.10. The van der Waals surface area contributed by atoms with Gasteiger partial charge in [-0.1, -0.05) is 27.7 Å². The van der Waals surface area contributed by atoms with Crippen LogP contribution in [0.5, 0.6) is 0 Å². The minimum Gasteiger partial charge on any atom is -0.0586 e. The molecule has 2 aromatic rings. The second kappa shape index (κ2) is 11.9. The summed E-state index contributed by atoms with van der Waals surface area (Å²) in [7, 11) is 0. The summed E-state index contributed by atoms with van der Waals surface area (Å²) < 4.78 is 0. The molecule has 0 bridgehead atoms. The van der Waals surface area contributed by atoms with E-state index in [1.807, 2.05) is 12.8 Å². The minimum atomic E-state index is 0.575. The normalized spacial score (nSPS) is 10.1. The second-order valence-electron chi connectivity index (χ2n) is 7.78. The highest BCUT2D eigenvalue weighted by molar-refractivity contribution is 5.36. The highest BCUT2D eigenvalue weighted by Gasteiger charge is 2.03. The molecule has 0 nitrogen and oxygen atoms in total. The average molecular weight is 369 g/mol. The van der Waals surface area contributed by atoms with Gasteiger partial charge in [0.1, 0.15) is 11.1 Å². The highest BCUT2D eigenvalue weighted by Crippen LogP contribution is 2.16. The van der Waals surface area contributed by atoms with Crippen molar-refractivity contribution >= 4 is 0 Å². The summed E-state index contributed by atoms with van der Waals surface area (Å²) >= 11 is 0. The molecule has 0 radical (unpaired) electrons. The van der Waals surface area contributed by atoms with Gasteiger partial charge in [0.2, 0.25) is 0 Å². The molecule has 142 valence electrons. The maximum absolute atomic E-state index is 3.24. The quantitative estimate of drug-likeness (QED) is 0.273. The van der Waals surface area contributed by atoms with Crippen LogP contribution < -0.4 is 0 Å². The van der Waals surface area contributed by atoms with Gasteiger partial charge in [-0.2, -0.15) is 0 Å². The van der Waals surface area contributed by atoms with Gasteiger partial charge in [-0.25, -0.2) is 0 Å². The molecule has 2 aromatic carbocycles. The molecule has 0 unspecified atom stereocenters. The van der Waals surface area contributed by atoms with E-state index in [9.17, 15) is 0 Å². The van der Waals surface area contributed by atoms with Crippen LogP contribution in [0.4, 0.5) is 0 Å². The van der Waals surface area contributed by atoms with Crippen molar-refractivity contribution in [1.29, 1.82) is 0 Å². The molecule has 0 spiro atoms. The lowest BCUT2D eigenvalue weighted by atomic mass is 10.0. The fourth-order valence-electron chi connectivity index (χ4n) is 2.79. The molecular weight excluding hydrogens is 336 g/mol. The Balaban J connectivity index is 1.59. The Kier molecular flexibility index (Phi) is 9.18. The Morgan fingerprint density at radius 3 is 1.29 bits per heavy atom. The Morgan fingerprint density at radius 1 is 0.607 bits per heavy atom. The lowest BCUT2D eigenvalue weighted by Gasteiger charge is -2.01. The van der Waals surface area contributed by atoms with E-state index >= 15 is 0 Å². The molecule has 0 amide bonds. The van der Waals surface area contributed by atoms with Crippen LogP contribution in [-0.2, 0) is 0 Å². The van der Waals surface area contributed by atoms with Crippen LogP contribution in [0.25, 0.3) is 0 Å². The summed E-state index contributed by atoms with van der Waals surface area (Å²) in [6.07, 6.45) is 8.08. The number of hydrogen-bond donors (Lipinski definition) is 0. The van der Waals surface area contributed by atoms with Gasteiger partial charge in [0.25, 0.3) is 0 Å². The fraction of sp³-hybridized carbons (Fsp3) is 0.357. The van der Waals surface area contributed by atoms with Crippen LogP contribution in [0, 0.1) is 36.5 Å². The van der Waals surface area contributed by atoms with Gasteiger partial charge in [-0.05, 0) is 60.1 Å². The van der Waals surface area contributed by atoms with E-state index in [-0.39, 0.29) is 0 Å². The SMILES string of the molecule is CC(C)c1ccc([CH+]C#CCCCCC#C[CH+]c2ccc(C(C)C)cc2)cc1. The maximum Gasteiger partial charge on any atom is 0.104 e. The minimum absolute atomic E-state index is 0.575. The Hall–Kier alpha value is -2.70. The van der Waals surface area contributed by atoms with Crippen molar-refractivity contribution in [2.24, 2.45) is 0 Å². The van der Waals surface area contributed by atoms with Crippen LogP contribution >= 0.6 is 0 Å². The molecule has 0 fully saturated rings. The zero-order chi connectivity index (χ0) is 20.2. The molecule has 0 aromatic heterocycles. The maximum atomic E-state index is 3.24. The number of rotatable bonds is 7. The van der Waals surface area contributed by atoms with E-state index in [0.717, 1.165) is 25.7 Å². The van der Waals surface area contributed by atoms with Gasteiger partial charge in [0, 0.05) is 47.9 Å². The fourth-order valence-corrected chi connectivity index (χ4v) is 2.79. The van der Waals surface area contributed by atoms with Crippen LogP contribution in [0.1, 0.15) is 87.5 Å². The van der Waals surface area contributed by atoms with Gasteiger partial charge in [-0.15, -0.1) is 0 Å². The van der Waals surface area contributed by atoms with Crippen molar-refractivity contribution in [3.63, 3.8) is 0 Å². The number of benzene rings is 2. The molecule has 2 rings (SSSR count). The third-order valence-corrected chi connectivity index (χ3v) is 4.74. The summed E-state index contributed by atoms with van der Waals surface area (Å²) in [6.45, 7) is 8.85. The van der Waals surface area contributed by atoms with Crippen LogP contribution in [0.15, 0.2) is 48.5 Å². The standard InChI is InChI=1S/C28H32/c1-23(2)27-19-15-25(16-20-27)13-11-9-7-5-6-8-10-12-14-26-17-21-28(22-18-26)24(3)4/h13-24H,5-8H2,1-4H3/q+2. The van der Waals surface area contributed by atoms with E-state index in [0.29, 0.717) is 11.8 Å². The molecule has 0 atom stereocenters. The van der Waals surface area contributed by atoms with Crippen molar-refractivity contribution in [2.75, 3.05) is 0 Å². The molecular formula is C28H32+2. The lowest BCUT2D eigenvalue weighted by Crippen LogP contribution is -1.87. The first-order valence-electron chi connectivity index (χ1n) is 10.4. The molecule has 0 saturated carbocycles. The molecule has 28 heavy (non-hydrogen) atoms. The topological polar surface area (TPSA) is 0 Å². The monoisotopic (exact) mass is 368 g/mol. The molecule has 0 aliphatic rings. The molecule has 0 saturated heterocycles. The second-order valence-corrected chi connectivity index (χ2v) is 7.78. The summed E-state index contributed by atoms with van der Waals surface area (Å²) in [6, 6.07) is 17.3. The van der Waals surface area contributed by atoms with Crippen molar-refractivity contribution in [2.45, 2.75) is 65.2 Å². The molecule has 0 N–H and O–H groups in total. The van der Waals surface area contributed by atoms with E-state index < -0.39 is 0 Å². The molecule has 0 heteroatoms. The average Bonchev–Trinajstić information content (AvgIpc) is 2.70. The third-order valence-electron chi connectivity index (χ3n) is 4.74. The van der Waals surface area contributed by atoms with Crippen LogP contribution in [-0.4, -0.2) is 0 Å². The highest BCUT2D eigenvalue weighted by atomic mass is 14.0. The Morgan fingerprint density at radius 2 is 0.964 bits per heavy atom. The van der Waals surface area contributed by atoms with E-state index in [4.69, 9.17) is 0 Å². The summed E-state index contributed by atoms with van der Waals surface area (Å²) in [4.78, 5) is 0. The Bertz CT molecular complexity index is 739. The third kappa shape index (κ3) is 7.90. The summed E-state index contributed by atoms with van der Waals surface area (Å²) in [5, 5.41) is 0. The van der Waals surface area contributed by atoms with Gasteiger partial charge in [0.15, 0.2) is 0 Å².